The van der Waals surface area contributed by atoms with Gasteiger partial charge in [-0.25, -0.2) is 9.50 Å². The third kappa shape index (κ3) is 2.56. The number of amides is 2. The number of carbonyl (C=O) groups is 2. The second-order valence-electron chi connectivity index (χ2n) is 6.92. The summed E-state index contributed by atoms with van der Waals surface area (Å²) in [5.41, 5.74) is 0.298. The molecule has 2 saturated heterocycles. The summed E-state index contributed by atoms with van der Waals surface area (Å²) in [5.74, 6) is -0.121. The van der Waals surface area contributed by atoms with Crippen molar-refractivity contribution in [2.24, 2.45) is 0 Å². The number of hydrogen-bond donors (Lipinski definition) is 0. The normalized spacial score (nSPS) is 23.3. The SMILES string of the molecule is COCCN1CCCC2(CCCN2C(=O)c2cnc3cccnn23)C1=O. The van der Waals surface area contributed by atoms with Crippen LogP contribution < -0.4 is 0 Å². The van der Waals surface area contributed by atoms with Gasteiger partial charge in [-0.05, 0) is 37.8 Å². The number of aromatic nitrogens is 3. The van der Waals surface area contributed by atoms with Crippen LogP contribution in [0.1, 0.15) is 36.2 Å². The van der Waals surface area contributed by atoms with Crippen molar-refractivity contribution in [3.05, 3.63) is 30.2 Å². The first-order valence-corrected chi connectivity index (χ1v) is 9.06. The Hall–Kier alpha value is -2.48. The quantitative estimate of drug-likeness (QED) is 0.815. The van der Waals surface area contributed by atoms with E-state index in [0.29, 0.717) is 43.9 Å². The van der Waals surface area contributed by atoms with E-state index >= 15 is 0 Å². The molecule has 0 radical (unpaired) electrons. The molecule has 138 valence electrons. The summed E-state index contributed by atoms with van der Waals surface area (Å²) >= 11 is 0. The first kappa shape index (κ1) is 17.0. The van der Waals surface area contributed by atoms with Crippen LogP contribution in [0.4, 0.5) is 0 Å². The van der Waals surface area contributed by atoms with Crippen molar-refractivity contribution in [2.45, 2.75) is 31.2 Å². The Morgan fingerprint density at radius 2 is 2.12 bits per heavy atom. The molecule has 2 amide bonds. The number of likely N-dealkylation sites (tertiary alicyclic amines) is 2. The van der Waals surface area contributed by atoms with Crippen LogP contribution in [0.2, 0.25) is 0 Å². The summed E-state index contributed by atoms with van der Waals surface area (Å²) in [4.78, 5) is 34.4. The van der Waals surface area contributed by atoms with Gasteiger partial charge in [0.2, 0.25) is 5.91 Å². The Morgan fingerprint density at radius 3 is 2.92 bits per heavy atom. The molecule has 1 atom stereocenters. The molecule has 2 aromatic heterocycles. The summed E-state index contributed by atoms with van der Waals surface area (Å²) in [5, 5.41) is 4.24. The summed E-state index contributed by atoms with van der Waals surface area (Å²) in [7, 11) is 1.63. The smallest absolute Gasteiger partial charge is 0.275 e. The number of imidazole rings is 1. The highest BCUT2D eigenvalue weighted by molar-refractivity contribution is 5.99. The number of nitrogens with zero attached hydrogens (tertiary/aromatic N) is 5. The monoisotopic (exact) mass is 357 g/mol. The summed E-state index contributed by atoms with van der Waals surface area (Å²) in [6.45, 7) is 2.38. The molecule has 4 rings (SSSR count). The van der Waals surface area contributed by atoms with Crippen molar-refractivity contribution >= 4 is 17.5 Å². The van der Waals surface area contributed by atoms with E-state index in [1.165, 1.54) is 0 Å². The van der Waals surface area contributed by atoms with Crippen LogP contribution >= 0.6 is 0 Å². The summed E-state index contributed by atoms with van der Waals surface area (Å²) in [6, 6.07) is 3.59. The fourth-order valence-corrected chi connectivity index (χ4v) is 4.25. The zero-order valence-corrected chi connectivity index (χ0v) is 14.9. The molecule has 2 fully saturated rings. The van der Waals surface area contributed by atoms with Crippen molar-refractivity contribution in [3.8, 4) is 0 Å². The topological polar surface area (TPSA) is 80.0 Å². The Balaban J connectivity index is 1.65. The maximum Gasteiger partial charge on any atom is 0.275 e. The van der Waals surface area contributed by atoms with E-state index < -0.39 is 5.54 Å². The molecule has 8 nitrogen and oxygen atoms in total. The summed E-state index contributed by atoms with van der Waals surface area (Å²) < 4.78 is 6.68. The Bertz CT molecular complexity index is 835. The second kappa shape index (κ2) is 6.68. The Morgan fingerprint density at radius 1 is 1.31 bits per heavy atom. The maximum absolute atomic E-state index is 13.3. The van der Waals surface area contributed by atoms with Crippen LogP contribution in [-0.4, -0.2) is 75.1 Å². The highest BCUT2D eigenvalue weighted by Gasteiger charge is 2.53. The van der Waals surface area contributed by atoms with Gasteiger partial charge in [0.05, 0.1) is 12.8 Å². The molecule has 0 saturated carbocycles. The van der Waals surface area contributed by atoms with Crippen LogP contribution in [0.15, 0.2) is 24.5 Å². The van der Waals surface area contributed by atoms with Crippen molar-refractivity contribution in [1.82, 2.24) is 24.4 Å². The van der Waals surface area contributed by atoms with Crippen LogP contribution in [0, 0.1) is 0 Å². The van der Waals surface area contributed by atoms with Gasteiger partial charge in [-0.1, -0.05) is 0 Å². The lowest BCUT2D eigenvalue weighted by molar-refractivity contribution is -0.146. The molecule has 1 unspecified atom stereocenters. The molecule has 26 heavy (non-hydrogen) atoms. The minimum Gasteiger partial charge on any atom is -0.383 e. The van der Waals surface area contributed by atoms with Crippen LogP contribution in [0.25, 0.3) is 5.65 Å². The van der Waals surface area contributed by atoms with E-state index in [9.17, 15) is 9.59 Å². The highest BCUT2D eigenvalue weighted by atomic mass is 16.5. The average molecular weight is 357 g/mol. The van der Waals surface area contributed by atoms with E-state index in [1.54, 1.807) is 35.0 Å². The predicted molar refractivity (Wildman–Crippen MR) is 93.7 cm³/mol. The molecule has 2 aliphatic rings. The van der Waals surface area contributed by atoms with Gasteiger partial charge in [0.25, 0.3) is 5.91 Å². The average Bonchev–Trinajstić information content (AvgIpc) is 3.27. The number of methoxy groups -OCH3 is 1. The summed E-state index contributed by atoms with van der Waals surface area (Å²) in [6.07, 6.45) is 6.33. The molecular weight excluding hydrogens is 334 g/mol. The third-order valence-electron chi connectivity index (χ3n) is 5.50. The molecule has 0 N–H and O–H groups in total. The highest BCUT2D eigenvalue weighted by Crippen LogP contribution is 2.39. The molecule has 0 aromatic carbocycles. The van der Waals surface area contributed by atoms with E-state index in [4.69, 9.17) is 4.74 Å². The molecule has 2 aliphatic heterocycles. The van der Waals surface area contributed by atoms with E-state index in [-0.39, 0.29) is 11.8 Å². The van der Waals surface area contributed by atoms with Gasteiger partial charge in [0.1, 0.15) is 5.54 Å². The van der Waals surface area contributed by atoms with E-state index in [2.05, 4.69) is 10.1 Å². The number of carbonyl (C=O) groups excluding carboxylic acids is 2. The minimum atomic E-state index is -0.734. The van der Waals surface area contributed by atoms with Crippen molar-refractivity contribution in [1.29, 1.82) is 0 Å². The Labute approximate surface area is 151 Å². The first-order chi connectivity index (χ1) is 12.7. The van der Waals surface area contributed by atoms with E-state index in [1.807, 2.05) is 11.0 Å². The van der Waals surface area contributed by atoms with Gasteiger partial charge >= 0.3 is 0 Å². The third-order valence-corrected chi connectivity index (χ3v) is 5.50. The molecule has 8 heteroatoms. The number of rotatable bonds is 4. The lowest BCUT2D eigenvalue weighted by atomic mass is 9.85. The Kier molecular flexibility index (Phi) is 4.36. The maximum atomic E-state index is 13.3. The molecule has 2 aromatic rings. The van der Waals surface area contributed by atoms with E-state index in [0.717, 1.165) is 19.4 Å². The zero-order valence-electron chi connectivity index (χ0n) is 14.9. The lowest BCUT2D eigenvalue weighted by Crippen LogP contribution is -2.61. The van der Waals surface area contributed by atoms with Crippen LogP contribution in [-0.2, 0) is 9.53 Å². The zero-order chi connectivity index (χ0) is 18.1. The lowest BCUT2D eigenvalue weighted by Gasteiger charge is -2.44. The fraction of sp³-hybridized carbons (Fsp3) is 0.556. The van der Waals surface area contributed by atoms with Gasteiger partial charge in [-0.2, -0.15) is 5.10 Å². The van der Waals surface area contributed by atoms with Crippen LogP contribution in [0.3, 0.4) is 0 Å². The molecule has 1 spiro atoms. The van der Waals surface area contributed by atoms with Crippen molar-refractivity contribution in [2.75, 3.05) is 33.4 Å². The number of ether oxygens (including phenoxy) is 1. The molecule has 4 heterocycles. The molecule has 0 bridgehead atoms. The van der Waals surface area contributed by atoms with Gasteiger partial charge in [-0.15, -0.1) is 0 Å². The van der Waals surface area contributed by atoms with Gasteiger partial charge < -0.3 is 14.5 Å². The molecular formula is C18H23N5O3. The van der Waals surface area contributed by atoms with Crippen molar-refractivity contribution in [3.63, 3.8) is 0 Å². The fourth-order valence-electron chi connectivity index (χ4n) is 4.25. The molecule has 0 aliphatic carbocycles. The number of piperidine rings is 1. The first-order valence-electron chi connectivity index (χ1n) is 9.06. The number of hydrogen-bond acceptors (Lipinski definition) is 5. The van der Waals surface area contributed by atoms with Crippen molar-refractivity contribution < 1.29 is 14.3 Å². The second-order valence-corrected chi connectivity index (χ2v) is 6.92. The standard InChI is InChI=1S/C18H23N5O3/c1-26-12-11-21-9-3-6-18(17(21)25)7-4-10-22(18)16(24)14-13-19-15-5-2-8-20-23(14)15/h2,5,8,13H,3-4,6-7,9-12H2,1H3. The van der Waals surface area contributed by atoms with Gasteiger partial charge in [0.15, 0.2) is 11.3 Å². The van der Waals surface area contributed by atoms with Crippen LogP contribution in [0.5, 0.6) is 0 Å². The van der Waals surface area contributed by atoms with Gasteiger partial charge in [0, 0.05) is 32.9 Å². The largest absolute Gasteiger partial charge is 0.383 e. The predicted octanol–water partition coefficient (Wildman–Crippen LogP) is 0.973. The number of fused-ring (bicyclic) bond motifs is 1. The minimum absolute atomic E-state index is 0.0495. The van der Waals surface area contributed by atoms with Gasteiger partial charge in [-0.3, -0.25) is 9.59 Å².